The molecule has 1 aliphatic rings. The van der Waals surface area contributed by atoms with Gasteiger partial charge in [0.15, 0.2) is 5.78 Å². The van der Waals surface area contributed by atoms with Crippen LogP contribution in [-0.2, 0) is 14.9 Å². The summed E-state index contributed by atoms with van der Waals surface area (Å²) in [4.78, 5) is 26.8. The van der Waals surface area contributed by atoms with E-state index < -0.39 is 5.41 Å². The topological polar surface area (TPSA) is 66.8 Å². The molecule has 1 heterocycles. The zero-order valence-corrected chi connectivity index (χ0v) is 16.2. The van der Waals surface area contributed by atoms with Gasteiger partial charge in [0, 0.05) is 25.1 Å². The Balaban J connectivity index is 1.85. The van der Waals surface area contributed by atoms with Gasteiger partial charge in [-0.25, -0.2) is 0 Å². The van der Waals surface area contributed by atoms with Crippen LogP contribution in [0.25, 0.3) is 0 Å². The van der Waals surface area contributed by atoms with Crippen LogP contribution in [0.3, 0.4) is 0 Å². The van der Waals surface area contributed by atoms with Gasteiger partial charge in [0.05, 0.1) is 18.1 Å². The molecule has 1 aromatic carbocycles. The predicted octanol–water partition coefficient (Wildman–Crippen LogP) is 2.95. The van der Waals surface area contributed by atoms with Crippen molar-refractivity contribution in [3.63, 3.8) is 0 Å². The summed E-state index contributed by atoms with van der Waals surface area (Å²) in [5, 5.41) is 9.52. The molecule has 0 unspecified atom stereocenters. The zero-order chi connectivity index (χ0) is 19.2. The Kier molecular flexibility index (Phi) is 7.35. The first-order valence-electron chi connectivity index (χ1n) is 9.56. The first-order valence-corrected chi connectivity index (χ1v) is 9.56. The predicted molar refractivity (Wildman–Crippen MR) is 101 cm³/mol. The highest BCUT2D eigenvalue weighted by Crippen LogP contribution is 2.25. The maximum atomic E-state index is 12.4. The van der Waals surface area contributed by atoms with Crippen LogP contribution in [0.15, 0.2) is 24.3 Å². The van der Waals surface area contributed by atoms with Gasteiger partial charge in [-0.3, -0.25) is 9.59 Å². The van der Waals surface area contributed by atoms with Crippen LogP contribution in [0, 0.1) is 0 Å². The fourth-order valence-electron chi connectivity index (χ4n) is 3.25. The summed E-state index contributed by atoms with van der Waals surface area (Å²) in [6.45, 7) is 8.53. The quantitative estimate of drug-likeness (QED) is 0.570. The van der Waals surface area contributed by atoms with Crippen molar-refractivity contribution in [2.75, 3.05) is 26.2 Å². The number of aliphatic hydroxyl groups excluding tert-OH is 1. The van der Waals surface area contributed by atoms with Gasteiger partial charge >= 0.3 is 5.97 Å². The largest absolute Gasteiger partial charge is 0.465 e. The molecule has 0 bridgehead atoms. The average molecular weight is 361 g/mol. The summed E-state index contributed by atoms with van der Waals surface area (Å²) in [7, 11) is 0. The van der Waals surface area contributed by atoms with Crippen LogP contribution in [-0.4, -0.2) is 54.1 Å². The van der Waals surface area contributed by atoms with Gasteiger partial charge < -0.3 is 14.7 Å². The van der Waals surface area contributed by atoms with E-state index in [1.165, 1.54) is 0 Å². The minimum atomic E-state index is -0.726. The number of carbonyl (C=O) groups is 2. The number of hydrogen-bond donors (Lipinski definition) is 1. The molecule has 2 rings (SSSR count). The van der Waals surface area contributed by atoms with Crippen molar-refractivity contribution in [2.45, 2.75) is 58.0 Å². The highest BCUT2D eigenvalue weighted by molar-refractivity contribution is 5.96. The van der Waals surface area contributed by atoms with E-state index in [2.05, 4.69) is 4.90 Å². The number of Topliss-reactive ketones (excluding diaryl/α,β-unsaturated/α-hetero) is 1. The number of hydrogen-bond acceptors (Lipinski definition) is 5. The number of ketones is 1. The summed E-state index contributed by atoms with van der Waals surface area (Å²) >= 11 is 0. The van der Waals surface area contributed by atoms with Crippen LogP contribution in [0.1, 0.15) is 62.4 Å². The lowest BCUT2D eigenvalue weighted by Crippen LogP contribution is -2.36. The van der Waals surface area contributed by atoms with Crippen LogP contribution < -0.4 is 0 Å². The second-order valence-corrected chi connectivity index (χ2v) is 7.52. The Labute approximate surface area is 156 Å². The third-order valence-electron chi connectivity index (χ3n) is 5.15. The van der Waals surface area contributed by atoms with Gasteiger partial charge in [-0.2, -0.15) is 0 Å². The molecule has 0 radical (unpaired) electrons. The summed E-state index contributed by atoms with van der Waals surface area (Å²) in [6.07, 6.45) is 2.83. The highest BCUT2D eigenvalue weighted by Gasteiger charge is 2.31. The van der Waals surface area contributed by atoms with Gasteiger partial charge in [0.1, 0.15) is 0 Å². The molecule has 1 saturated heterocycles. The number of aliphatic hydroxyl groups is 1. The normalized spacial score (nSPS) is 16.5. The molecule has 5 heteroatoms. The van der Waals surface area contributed by atoms with Gasteiger partial charge in [-0.1, -0.05) is 24.3 Å². The third kappa shape index (κ3) is 5.39. The minimum absolute atomic E-state index is 0.127. The Morgan fingerprint density at radius 3 is 2.38 bits per heavy atom. The first-order chi connectivity index (χ1) is 12.3. The summed E-state index contributed by atoms with van der Waals surface area (Å²) in [5.74, 6) is -0.131. The minimum Gasteiger partial charge on any atom is -0.465 e. The standard InChI is InChI=1S/C21H31NO4/c1-4-26-20(25)21(2,3)17-9-7-16(8-10-17)19(24)6-5-13-22-14-11-18(23)12-15-22/h7-10,18,23H,4-6,11-15H2,1-3H3. The second kappa shape index (κ2) is 9.28. The van der Waals surface area contributed by atoms with E-state index in [9.17, 15) is 14.7 Å². The van der Waals surface area contributed by atoms with Crippen LogP contribution >= 0.6 is 0 Å². The number of carbonyl (C=O) groups excluding carboxylic acids is 2. The maximum absolute atomic E-state index is 12.4. The highest BCUT2D eigenvalue weighted by atomic mass is 16.5. The van der Waals surface area contributed by atoms with Crippen molar-refractivity contribution in [3.05, 3.63) is 35.4 Å². The smallest absolute Gasteiger partial charge is 0.315 e. The van der Waals surface area contributed by atoms with E-state index in [4.69, 9.17) is 4.74 Å². The molecule has 0 aromatic heterocycles. The fourth-order valence-corrected chi connectivity index (χ4v) is 3.25. The lowest BCUT2D eigenvalue weighted by atomic mass is 9.84. The third-order valence-corrected chi connectivity index (χ3v) is 5.15. The number of benzene rings is 1. The molecule has 0 spiro atoms. The van der Waals surface area contributed by atoms with Crippen molar-refractivity contribution in [2.24, 2.45) is 0 Å². The van der Waals surface area contributed by atoms with Gasteiger partial charge in [-0.05, 0) is 52.1 Å². The lowest BCUT2D eigenvalue weighted by molar-refractivity contribution is -0.148. The molecule has 1 fully saturated rings. The van der Waals surface area contributed by atoms with E-state index in [-0.39, 0.29) is 17.9 Å². The van der Waals surface area contributed by atoms with Crippen molar-refractivity contribution >= 4 is 11.8 Å². The monoisotopic (exact) mass is 361 g/mol. The molecular formula is C21H31NO4. The molecule has 144 valence electrons. The Morgan fingerprint density at radius 1 is 1.19 bits per heavy atom. The maximum Gasteiger partial charge on any atom is 0.315 e. The first kappa shape index (κ1) is 20.6. The molecule has 0 saturated carbocycles. The number of nitrogens with zero attached hydrogens (tertiary/aromatic N) is 1. The number of rotatable bonds is 8. The van der Waals surface area contributed by atoms with Gasteiger partial charge in [0.2, 0.25) is 0 Å². The van der Waals surface area contributed by atoms with Crippen molar-refractivity contribution in [1.82, 2.24) is 4.90 Å². The Morgan fingerprint density at radius 2 is 1.81 bits per heavy atom. The van der Waals surface area contributed by atoms with Gasteiger partial charge in [-0.15, -0.1) is 0 Å². The number of piperidine rings is 1. The molecule has 0 aliphatic carbocycles. The molecular weight excluding hydrogens is 330 g/mol. The van der Waals surface area contributed by atoms with Crippen molar-refractivity contribution in [3.8, 4) is 0 Å². The molecule has 1 N–H and O–H groups in total. The molecule has 0 atom stereocenters. The average Bonchev–Trinajstić information content (AvgIpc) is 2.63. The van der Waals surface area contributed by atoms with Crippen molar-refractivity contribution < 1.29 is 19.4 Å². The van der Waals surface area contributed by atoms with E-state index in [1.807, 2.05) is 26.0 Å². The number of likely N-dealkylation sites (tertiary alicyclic amines) is 1. The molecule has 1 aromatic rings. The van der Waals surface area contributed by atoms with E-state index in [0.29, 0.717) is 18.6 Å². The summed E-state index contributed by atoms with van der Waals surface area (Å²) < 4.78 is 5.13. The van der Waals surface area contributed by atoms with Gasteiger partial charge in [0.25, 0.3) is 0 Å². The SMILES string of the molecule is CCOC(=O)C(C)(C)c1ccc(C(=O)CCCN2CCC(O)CC2)cc1. The summed E-state index contributed by atoms with van der Waals surface area (Å²) in [6, 6.07) is 7.29. The number of esters is 1. The van der Waals surface area contributed by atoms with Crippen LogP contribution in [0.4, 0.5) is 0 Å². The van der Waals surface area contributed by atoms with E-state index >= 15 is 0 Å². The van der Waals surface area contributed by atoms with E-state index in [1.54, 1.807) is 19.1 Å². The lowest BCUT2D eigenvalue weighted by Gasteiger charge is -2.29. The van der Waals surface area contributed by atoms with Crippen LogP contribution in [0.5, 0.6) is 0 Å². The molecule has 0 amide bonds. The molecule has 26 heavy (non-hydrogen) atoms. The summed E-state index contributed by atoms with van der Waals surface area (Å²) in [5.41, 5.74) is 0.804. The molecule has 5 nitrogen and oxygen atoms in total. The Bertz CT molecular complexity index is 601. The van der Waals surface area contributed by atoms with E-state index in [0.717, 1.165) is 44.5 Å². The van der Waals surface area contributed by atoms with Crippen LogP contribution in [0.2, 0.25) is 0 Å². The molecule has 1 aliphatic heterocycles. The zero-order valence-electron chi connectivity index (χ0n) is 16.2. The number of ether oxygens (including phenoxy) is 1. The Hall–Kier alpha value is -1.72. The fraction of sp³-hybridized carbons (Fsp3) is 0.619. The second-order valence-electron chi connectivity index (χ2n) is 7.52. The van der Waals surface area contributed by atoms with Crippen molar-refractivity contribution in [1.29, 1.82) is 0 Å².